The monoisotopic (exact) mass is 222 g/mol. The van der Waals surface area contributed by atoms with E-state index in [-0.39, 0.29) is 5.92 Å². The van der Waals surface area contributed by atoms with E-state index in [1.165, 1.54) is 11.1 Å². The van der Waals surface area contributed by atoms with Crippen molar-refractivity contribution in [2.45, 2.75) is 12.8 Å². The first-order valence-electron chi connectivity index (χ1n) is 6.11. The van der Waals surface area contributed by atoms with Crippen molar-refractivity contribution >= 4 is 5.91 Å². The van der Waals surface area contributed by atoms with E-state index in [2.05, 4.69) is 5.32 Å². The Bertz CT molecular complexity index is 316. The number of ether oxygens (including phenoxy) is 1. The van der Waals surface area contributed by atoms with Gasteiger partial charge in [0.05, 0.1) is 12.5 Å². The second-order valence-electron chi connectivity index (χ2n) is 4.92. The van der Waals surface area contributed by atoms with Gasteiger partial charge in [-0.15, -0.1) is 0 Å². The van der Waals surface area contributed by atoms with Crippen molar-refractivity contribution in [1.29, 1.82) is 0 Å². The molecule has 1 saturated heterocycles. The lowest BCUT2D eigenvalue weighted by Gasteiger charge is -2.27. The second-order valence-corrected chi connectivity index (χ2v) is 4.92. The third-order valence-corrected chi connectivity index (χ3v) is 3.76. The summed E-state index contributed by atoms with van der Waals surface area (Å²) in [6.45, 7) is 5.08. The molecule has 0 aromatic rings. The maximum absolute atomic E-state index is 12.2. The number of amides is 1. The Hall–Kier alpha value is -0.870. The maximum atomic E-state index is 12.2. The molecule has 4 heteroatoms. The van der Waals surface area contributed by atoms with Gasteiger partial charge in [-0.3, -0.25) is 4.79 Å². The van der Waals surface area contributed by atoms with Gasteiger partial charge in [-0.05, 0) is 24.0 Å². The molecule has 3 aliphatic rings. The van der Waals surface area contributed by atoms with E-state index in [0.717, 1.165) is 45.6 Å². The van der Waals surface area contributed by atoms with Crippen molar-refractivity contribution in [2.24, 2.45) is 5.92 Å². The van der Waals surface area contributed by atoms with E-state index in [1.807, 2.05) is 4.90 Å². The van der Waals surface area contributed by atoms with E-state index >= 15 is 0 Å². The molecular weight excluding hydrogens is 204 g/mol. The van der Waals surface area contributed by atoms with E-state index in [9.17, 15) is 4.79 Å². The molecule has 0 saturated carbocycles. The molecule has 4 nitrogen and oxygen atoms in total. The largest absolute Gasteiger partial charge is 0.381 e. The molecule has 1 N–H and O–H groups in total. The minimum Gasteiger partial charge on any atom is -0.381 e. The van der Waals surface area contributed by atoms with Crippen LogP contribution in [0.15, 0.2) is 11.1 Å². The van der Waals surface area contributed by atoms with Gasteiger partial charge in [0, 0.05) is 32.8 Å². The van der Waals surface area contributed by atoms with Gasteiger partial charge in [-0.1, -0.05) is 0 Å². The number of hydrogen-bond acceptors (Lipinski definition) is 3. The summed E-state index contributed by atoms with van der Waals surface area (Å²) < 4.78 is 5.38. The minimum absolute atomic E-state index is 0.113. The molecule has 3 rings (SSSR count). The Kier molecular flexibility index (Phi) is 2.69. The fraction of sp³-hybridized carbons (Fsp3) is 0.750. The van der Waals surface area contributed by atoms with Crippen LogP contribution in [0.1, 0.15) is 12.8 Å². The van der Waals surface area contributed by atoms with Crippen molar-refractivity contribution in [3.8, 4) is 0 Å². The van der Waals surface area contributed by atoms with Crippen LogP contribution in [-0.4, -0.2) is 50.2 Å². The summed E-state index contributed by atoms with van der Waals surface area (Å²) in [5.41, 5.74) is 2.87. The summed E-state index contributed by atoms with van der Waals surface area (Å²) in [4.78, 5) is 14.2. The Labute approximate surface area is 95.6 Å². The van der Waals surface area contributed by atoms with Gasteiger partial charge in [0.25, 0.3) is 0 Å². The first-order valence-corrected chi connectivity index (χ1v) is 6.11. The quantitative estimate of drug-likeness (QED) is 0.642. The van der Waals surface area contributed by atoms with Gasteiger partial charge < -0.3 is 15.0 Å². The average molecular weight is 222 g/mol. The van der Waals surface area contributed by atoms with Gasteiger partial charge in [-0.2, -0.15) is 0 Å². The van der Waals surface area contributed by atoms with Crippen LogP contribution in [0.2, 0.25) is 0 Å². The molecule has 0 aliphatic carbocycles. The van der Waals surface area contributed by atoms with E-state index in [4.69, 9.17) is 4.74 Å². The van der Waals surface area contributed by atoms with Crippen LogP contribution < -0.4 is 5.32 Å². The predicted octanol–water partition coefficient (Wildman–Crippen LogP) is 0.155. The van der Waals surface area contributed by atoms with Gasteiger partial charge in [-0.25, -0.2) is 0 Å². The highest BCUT2D eigenvalue weighted by Crippen LogP contribution is 2.24. The average Bonchev–Trinajstić information content (AvgIpc) is 2.89. The number of carbonyl (C=O) groups is 1. The molecule has 0 aromatic carbocycles. The number of hydrogen-bond donors (Lipinski definition) is 1. The highest BCUT2D eigenvalue weighted by molar-refractivity contribution is 5.80. The molecule has 0 aromatic heterocycles. The molecule has 16 heavy (non-hydrogen) atoms. The number of nitrogens with one attached hydrogen (secondary N) is 1. The van der Waals surface area contributed by atoms with Gasteiger partial charge in [0.2, 0.25) is 5.91 Å². The molecule has 88 valence electrons. The van der Waals surface area contributed by atoms with Crippen molar-refractivity contribution in [3.05, 3.63) is 11.1 Å². The maximum Gasteiger partial charge on any atom is 0.228 e. The highest BCUT2D eigenvalue weighted by atomic mass is 16.5. The summed E-state index contributed by atoms with van der Waals surface area (Å²) in [5.74, 6) is 0.413. The topological polar surface area (TPSA) is 41.6 Å². The standard InChI is InChI=1S/C12H18N2O2/c15-12(9-2-1-3-16-8-9)14-6-10-4-13-5-11(10)7-14/h9,13H,1-8H2. The van der Waals surface area contributed by atoms with Gasteiger partial charge >= 0.3 is 0 Å². The zero-order valence-electron chi connectivity index (χ0n) is 9.50. The number of rotatable bonds is 1. The van der Waals surface area contributed by atoms with E-state index in [1.54, 1.807) is 0 Å². The van der Waals surface area contributed by atoms with Crippen molar-refractivity contribution in [3.63, 3.8) is 0 Å². The molecule has 1 unspecified atom stereocenters. The summed E-state index contributed by atoms with van der Waals surface area (Å²) in [6.07, 6.45) is 2.02. The molecular formula is C12H18N2O2. The van der Waals surface area contributed by atoms with Crippen LogP contribution in [0.25, 0.3) is 0 Å². The smallest absolute Gasteiger partial charge is 0.228 e. The number of carbonyl (C=O) groups excluding carboxylic acids is 1. The lowest BCUT2D eigenvalue weighted by molar-refractivity contribution is -0.138. The van der Waals surface area contributed by atoms with Crippen LogP contribution in [0, 0.1) is 5.92 Å². The minimum atomic E-state index is 0.113. The molecule has 3 heterocycles. The second kappa shape index (κ2) is 4.18. The third-order valence-electron chi connectivity index (χ3n) is 3.76. The number of nitrogens with zero attached hydrogens (tertiary/aromatic N) is 1. The zero-order chi connectivity index (χ0) is 11.0. The first-order chi connectivity index (χ1) is 7.84. The normalized spacial score (nSPS) is 29.8. The van der Waals surface area contributed by atoms with Crippen LogP contribution in [0.3, 0.4) is 0 Å². The zero-order valence-corrected chi connectivity index (χ0v) is 9.50. The Morgan fingerprint density at radius 3 is 2.69 bits per heavy atom. The molecule has 0 spiro atoms. The SMILES string of the molecule is O=C(C1CCCOC1)N1CC2=C(CNC2)C1. The lowest BCUT2D eigenvalue weighted by Crippen LogP contribution is -2.39. The summed E-state index contributed by atoms with van der Waals surface area (Å²) >= 11 is 0. The molecule has 0 radical (unpaired) electrons. The van der Waals surface area contributed by atoms with Crippen LogP contribution in [-0.2, 0) is 9.53 Å². The molecule has 1 atom stereocenters. The molecule has 1 amide bonds. The van der Waals surface area contributed by atoms with E-state index in [0.29, 0.717) is 12.5 Å². The Balaban J connectivity index is 1.60. The third kappa shape index (κ3) is 1.76. The molecule has 3 aliphatic heterocycles. The van der Waals surface area contributed by atoms with E-state index < -0.39 is 0 Å². The Morgan fingerprint density at radius 1 is 1.31 bits per heavy atom. The van der Waals surface area contributed by atoms with Crippen molar-refractivity contribution < 1.29 is 9.53 Å². The van der Waals surface area contributed by atoms with Crippen LogP contribution in [0.4, 0.5) is 0 Å². The highest BCUT2D eigenvalue weighted by Gasteiger charge is 2.32. The predicted molar refractivity (Wildman–Crippen MR) is 60.0 cm³/mol. The fourth-order valence-electron chi connectivity index (χ4n) is 2.82. The summed E-state index contributed by atoms with van der Waals surface area (Å²) in [7, 11) is 0. The van der Waals surface area contributed by atoms with Crippen LogP contribution in [0.5, 0.6) is 0 Å². The van der Waals surface area contributed by atoms with Gasteiger partial charge in [0.1, 0.15) is 0 Å². The summed E-state index contributed by atoms with van der Waals surface area (Å²) in [5, 5.41) is 3.33. The first kappa shape index (κ1) is 10.3. The summed E-state index contributed by atoms with van der Waals surface area (Å²) in [6, 6.07) is 0. The molecule has 1 fully saturated rings. The Morgan fingerprint density at radius 2 is 2.06 bits per heavy atom. The fourth-order valence-corrected chi connectivity index (χ4v) is 2.82. The van der Waals surface area contributed by atoms with Crippen molar-refractivity contribution in [1.82, 2.24) is 10.2 Å². The molecule has 0 bridgehead atoms. The lowest BCUT2D eigenvalue weighted by atomic mass is 10.0. The van der Waals surface area contributed by atoms with Gasteiger partial charge in [0.15, 0.2) is 0 Å². The van der Waals surface area contributed by atoms with Crippen molar-refractivity contribution in [2.75, 3.05) is 39.4 Å². The van der Waals surface area contributed by atoms with Crippen LogP contribution >= 0.6 is 0 Å².